The van der Waals surface area contributed by atoms with Crippen LogP contribution >= 0.6 is 0 Å². The van der Waals surface area contributed by atoms with E-state index < -0.39 is 10.0 Å². The van der Waals surface area contributed by atoms with Crippen molar-refractivity contribution in [3.05, 3.63) is 39.7 Å². The van der Waals surface area contributed by atoms with Gasteiger partial charge in [0, 0.05) is 12.7 Å². The van der Waals surface area contributed by atoms with E-state index in [1.807, 2.05) is 41.5 Å². The molecule has 126 valence electrons. The Morgan fingerprint density at radius 3 is 1.87 bits per heavy atom. The Morgan fingerprint density at radius 1 is 0.957 bits per heavy atom. The van der Waals surface area contributed by atoms with Crippen LogP contribution in [0.25, 0.3) is 0 Å². The van der Waals surface area contributed by atoms with E-state index in [0.29, 0.717) is 22.8 Å². The summed E-state index contributed by atoms with van der Waals surface area (Å²) in [5.41, 5.74) is 6.00. The van der Waals surface area contributed by atoms with Crippen LogP contribution in [0.3, 0.4) is 0 Å². The van der Waals surface area contributed by atoms with Crippen LogP contribution in [0.2, 0.25) is 0 Å². The molecule has 2 aromatic rings. The minimum atomic E-state index is -3.66. The van der Waals surface area contributed by atoms with Gasteiger partial charge in [0.25, 0.3) is 10.0 Å². The van der Waals surface area contributed by atoms with E-state index in [9.17, 15) is 8.42 Å². The second-order valence-electron chi connectivity index (χ2n) is 6.04. The van der Waals surface area contributed by atoms with Crippen LogP contribution in [0.4, 0.5) is 5.69 Å². The van der Waals surface area contributed by atoms with Crippen LogP contribution in [0.5, 0.6) is 0 Å². The maximum atomic E-state index is 13.0. The summed E-state index contributed by atoms with van der Waals surface area (Å²) in [5, 5.41) is 4.29. The van der Waals surface area contributed by atoms with Crippen LogP contribution in [-0.4, -0.2) is 18.2 Å². The topological polar surface area (TPSA) is 64.0 Å². The number of hydrogen-bond donors (Lipinski definition) is 1. The van der Waals surface area contributed by atoms with Gasteiger partial charge in [-0.25, -0.2) is 8.42 Å². The lowest BCUT2D eigenvalue weighted by molar-refractivity contribution is 0.599. The smallest absolute Gasteiger partial charge is 0.262 e. The van der Waals surface area contributed by atoms with Crippen molar-refractivity contribution >= 4 is 15.7 Å². The van der Waals surface area contributed by atoms with E-state index in [1.54, 1.807) is 17.8 Å². The number of rotatable bonds is 4. The Hall–Kier alpha value is -1.82. The second-order valence-corrected chi connectivity index (χ2v) is 7.66. The molecule has 0 saturated carbocycles. The monoisotopic (exact) mass is 335 g/mol. The average molecular weight is 335 g/mol. The molecule has 1 aromatic carbocycles. The summed E-state index contributed by atoms with van der Waals surface area (Å²) < 4.78 is 30.3. The molecular formula is C17H25N3O2S. The molecule has 1 heterocycles. The Morgan fingerprint density at radius 2 is 1.43 bits per heavy atom. The van der Waals surface area contributed by atoms with Gasteiger partial charge < -0.3 is 0 Å². The number of sulfonamides is 1. The van der Waals surface area contributed by atoms with Crippen LogP contribution in [0.15, 0.2) is 11.1 Å². The van der Waals surface area contributed by atoms with Gasteiger partial charge in [-0.15, -0.1) is 0 Å². The molecule has 0 atom stereocenters. The van der Waals surface area contributed by atoms with Gasteiger partial charge in [0.15, 0.2) is 0 Å². The molecule has 0 spiro atoms. The first-order chi connectivity index (χ1) is 10.6. The maximum absolute atomic E-state index is 13.0. The molecule has 0 fully saturated rings. The molecule has 5 nitrogen and oxygen atoms in total. The lowest BCUT2D eigenvalue weighted by atomic mass is 9.95. The van der Waals surface area contributed by atoms with Gasteiger partial charge in [-0.2, -0.15) is 5.10 Å². The molecule has 0 bridgehead atoms. The zero-order chi connectivity index (χ0) is 17.5. The molecule has 0 saturated heterocycles. The summed E-state index contributed by atoms with van der Waals surface area (Å²) >= 11 is 0. The summed E-state index contributed by atoms with van der Waals surface area (Å²) in [5.74, 6) is 0. The quantitative estimate of drug-likeness (QED) is 0.929. The van der Waals surface area contributed by atoms with Crippen molar-refractivity contribution < 1.29 is 8.42 Å². The van der Waals surface area contributed by atoms with Crippen LogP contribution < -0.4 is 4.72 Å². The first-order valence-corrected chi connectivity index (χ1v) is 9.22. The van der Waals surface area contributed by atoms with Crippen molar-refractivity contribution in [2.45, 2.75) is 59.9 Å². The Kier molecular flexibility index (Phi) is 4.57. The SMILES string of the molecule is CCn1cc(NS(=O)(=O)c2c(C)c(C)c(C)c(C)c2C)c(C)n1. The number of nitrogens with one attached hydrogen (secondary N) is 1. The largest absolute Gasteiger partial charge is 0.276 e. The first-order valence-electron chi connectivity index (χ1n) is 7.74. The molecule has 0 unspecified atom stereocenters. The highest BCUT2D eigenvalue weighted by Gasteiger charge is 2.24. The van der Waals surface area contributed by atoms with Gasteiger partial charge in [0.2, 0.25) is 0 Å². The van der Waals surface area contributed by atoms with Crippen LogP contribution in [0.1, 0.15) is 40.4 Å². The standard InChI is InChI=1S/C17H25N3O2S/c1-8-20-9-16(15(7)18-20)19-23(21,22)17-13(5)11(3)10(2)12(4)14(17)6/h9,19H,8H2,1-7H3. The van der Waals surface area contributed by atoms with Crippen molar-refractivity contribution in [2.24, 2.45) is 0 Å². The summed E-state index contributed by atoms with van der Waals surface area (Å²) in [6, 6.07) is 0. The molecule has 6 heteroatoms. The van der Waals surface area contributed by atoms with E-state index in [1.165, 1.54) is 0 Å². The van der Waals surface area contributed by atoms with Gasteiger partial charge in [0.1, 0.15) is 0 Å². The van der Waals surface area contributed by atoms with Gasteiger partial charge in [-0.1, -0.05) is 0 Å². The predicted molar refractivity (Wildman–Crippen MR) is 93.6 cm³/mol. The average Bonchev–Trinajstić information content (AvgIpc) is 2.82. The normalized spacial score (nSPS) is 11.8. The zero-order valence-corrected chi connectivity index (χ0v) is 15.7. The summed E-state index contributed by atoms with van der Waals surface area (Å²) in [4.78, 5) is 0.377. The van der Waals surface area contributed by atoms with Crippen molar-refractivity contribution in [1.82, 2.24) is 9.78 Å². The third-order valence-corrected chi connectivity index (χ3v) is 6.35. The maximum Gasteiger partial charge on any atom is 0.262 e. The van der Waals surface area contributed by atoms with Gasteiger partial charge in [-0.3, -0.25) is 9.40 Å². The highest BCUT2D eigenvalue weighted by Crippen LogP contribution is 2.31. The first kappa shape index (κ1) is 17.5. The highest BCUT2D eigenvalue weighted by atomic mass is 32.2. The highest BCUT2D eigenvalue weighted by molar-refractivity contribution is 7.92. The number of aromatic nitrogens is 2. The van der Waals surface area contributed by atoms with E-state index in [2.05, 4.69) is 9.82 Å². The summed E-state index contributed by atoms with van der Waals surface area (Å²) in [6.45, 7) is 14.2. The predicted octanol–water partition coefficient (Wildman–Crippen LogP) is 3.55. The van der Waals surface area contributed by atoms with Crippen LogP contribution in [-0.2, 0) is 16.6 Å². The minimum absolute atomic E-state index is 0.377. The molecule has 0 radical (unpaired) electrons. The molecule has 2 rings (SSSR count). The summed E-state index contributed by atoms with van der Waals surface area (Å²) in [6.07, 6.45) is 1.73. The molecule has 0 aliphatic carbocycles. The number of aryl methyl sites for hydroxylation is 2. The third-order valence-electron chi connectivity index (χ3n) is 4.71. The molecule has 1 N–H and O–H groups in total. The van der Waals surface area contributed by atoms with E-state index >= 15 is 0 Å². The van der Waals surface area contributed by atoms with Crippen molar-refractivity contribution in [1.29, 1.82) is 0 Å². The summed E-state index contributed by atoms with van der Waals surface area (Å²) in [7, 11) is -3.66. The van der Waals surface area contributed by atoms with Crippen molar-refractivity contribution in [3.8, 4) is 0 Å². The van der Waals surface area contributed by atoms with E-state index in [-0.39, 0.29) is 0 Å². The molecular weight excluding hydrogens is 310 g/mol. The fourth-order valence-electron chi connectivity index (χ4n) is 2.84. The minimum Gasteiger partial charge on any atom is -0.276 e. The molecule has 0 aliphatic heterocycles. The van der Waals surface area contributed by atoms with Crippen molar-refractivity contribution in [3.63, 3.8) is 0 Å². The fraction of sp³-hybridized carbons (Fsp3) is 0.471. The molecule has 1 aromatic heterocycles. The number of benzene rings is 1. The Balaban J connectivity index is 2.59. The zero-order valence-electron chi connectivity index (χ0n) is 14.9. The second kappa shape index (κ2) is 6.00. The Bertz CT molecular complexity index is 835. The number of hydrogen-bond acceptors (Lipinski definition) is 3. The number of anilines is 1. The van der Waals surface area contributed by atoms with Crippen molar-refractivity contribution in [2.75, 3.05) is 4.72 Å². The van der Waals surface area contributed by atoms with Crippen LogP contribution in [0, 0.1) is 41.5 Å². The molecule has 23 heavy (non-hydrogen) atoms. The van der Waals surface area contributed by atoms with Gasteiger partial charge in [0.05, 0.1) is 16.3 Å². The lowest BCUT2D eigenvalue weighted by Crippen LogP contribution is -2.18. The third kappa shape index (κ3) is 3.00. The molecule has 0 aliphatic rings. The van der Waals surface area contributed by atoms with E-state index in [4.69, 9.17) is 0 Å². The lowest BCUT2D eigenvalue weighted by Gasteiger charge is -2.19. The fourth-order valence-corrected chi connectivity index (χ4v) is 4.55. The van der Waals surface area contributed by atoms with Gasteiger partial charge >= 0.3 is 0 Å². The molecule has 0 amide bonds. The number of nitrogens with zero attached hydrogens (tertiary/aromatic N) is 2. The van der Waals surface area contributed by atoms with E-state index in [0.717, 1.165) is 27.8 Å². The van der Waals surface area contributed by atoms with Gasteiger partial charge in [-0.05, 0) is 76.3 Å². The Labute approximate surface area is 138 Å².